The Labute approximate surface area is 147 Å². The van der Waals surface area contributed by atoms with Gasteiger partial charge in [0.25, 0.3) is 5.56 Å². The summed E-state index contributed by atoms with van der Waals surface area (Å²) in [5.74, 6) is 0.915. The maximum atomic E-state index is 12.4. The van der Waals surface area contributed by atoms with Crippen LogP contribution in [0.2, 0.25) is 0 Å². The van der Waals surface area contributed by atoms with Crippen LogP contribution in [0.15, 0.2) is 29.1 Å². The smallest absolute Gasteiger partial charge is 0.252 e. The number of amides is 1. The Morgan fingerprint density at radius 2 is 2.00 bits per heavy atom. The molecule has 0 spiro atoms. The predicted molar refractivity (Wildman–Crippen MR) is 97.9 cm³/mol. The van der Waals surface area contributed by atoms with Crippen LogP contribution in [0.25, 0.3) is 10.9 Å². The molecule has 6 nitrogen and oxygen atoms in total. The lowest BCUT2D eigenvalue weighted by atomic mass is 10.1. The number of carbonyl (C=O) groups is 1. The van der Waals surface area contributed by atoms with E-state index in [1.807, 2.05) is 49.9 Å². The molecule has 1 saturated heterocycles. The van der Waals surface area contributed by atoms with Gasteiger partial charge in [0.1, 0.15) is 5.75 Å². The van der Waals surface area contributed by atoms with Crippen molar-refractivity contribution >= 4 is 16.8 Å². The van der Waals surface area contributed by atoms with Crippen LogP contribution in [0.4, 0.5) is 0 Å². The summed E-state index contributed by atoms with van der Waals surface area (Å²) in [5, 5.41) is 0.937. The summed E-state index contributed by atoms with van der Waals surface area (Å²) in [6.45, 7) is 9.12. The number of fused-ring (bicyclic) bond motifs is 1. The van der Waals surface area contributed by atoms with Crippen molar-refractivity contribution in [2.45, 2.75) is 33.4 Å². The van der Waals surface area contributed by atoms with E-state index < -0.39 is 0 Å². The fourth-order valence-electron chi connectivity index (χ4n) is 3.33. The third kappa shape index (κ3) is 3.54. The molecule has 2 aromatic rings. The van der Waals surface area contributed by atoms with Crippen LogP contribution in [0.1, 0.15) is 26.3 Å². The maximum absolute atomic E-state index is 12.4. The first-order valence-corrected chi connectivity index (χ1v) is 8.85. The summed E-state index contributed by atoms with van der Waals surface area (Å²) in [7, 11) is 0. The molecule has 1 N–H and O–H groups in total. The lowest BCUT2D eigenvalue weighted by Crippen LogP contribution is -2.55. The fourth-order valence-corrected chi connectivity index (χ4v) is 3.33. The van der Waals surface area contributed by atoms with Gasteiger partial charge in [-0.15, -0.1) is 0 Å². The van der Waals surface area contributed by atoms with Gasteiger partial charge in [-0.05, 0) is 45.0 Å². The summed E-state index contributed by atoms with van der Waals surface area (Å²) >= 11 is 0. The number of ether oxygens (including phenoxy) is 1. The van der Waals surface area contributed by atoms with Crippen molar-refractivity contribution in [3.8, 4) is 5.75 Å². The first kappa shape index (κ1) is 17.5. The Morgan fingerprint density at radius 3 is 2.72 bits per heavy atom. The second kappa shape index (κ2) is 7.27. The van der Waals surface area contributed by atoms with E-state index in [-0.39, 0.29) is 17.5 Å². The molecule has 1 aromatic carbocycles. The van der Waals surface area contributed by atoms with Gasteiger partial charge in [-0.25, -0.2) is 0 Å². The Balaban J connectivity index is 1.86. The van der Waals surface area contributed by atoms with Crippen molar-refractivity contribution in [1.29, 1.82) is 0 Å². The molecule has 1 atom stereocenters. The minimum absolute atomic E-state index is 0.103. The summed E-state index contributed by atoms with van der Waals surface area (Å²) < 4.78 is 5.54. The number of H-pyrrole nitrogens is 1. The quantitative estimate of drug-likeness (QED) is 0.901. The number of hydrogen-bond donors (Lipinski definition) is 1. The Hall–Kier alpha value is -2.34. The number of nitrogens with one attached hydrogen (secondary N) is 1. The Bertz CT molecular complexity index is 830. The maximum Gasteiger partial charge on any atom is 0.252 e. The molecule has 3 rings (SSSR count). The first-order chi connectivity index (χ1) is 12.0. The second-order valence-electron chi connectivity index (χ2n) is 6.37. The van der Waals surface area contributed by atoms with Gasteiger partial charge in [-0.2, -0.15) is 0 Å². The van der Waals surface area contributed by atoms with Gasteiger partial charge < -0.3 is 14.6 Å². The fraction of sp³-hybridized carbons (Fsp3) is 0.474. The molecular weight excluding hydrogens is 318 g/mol. The van der Waals surface area contributed by atoms with E-state index in [4.69, 9.17) is 4.74 Å². The molecule has 0 bridgehead atoms. The zero-order valence-corrected chi connectivity index (χ0v) is 15.0. The van der Waals surface area contributed by atoms with E-state index in [1.54, 1.807) is 0 Å². The van der Waals surface area contributed by atoms with Crippen molar-refractivity contribution in [2.75, 3.05) is 26.2 Å². The number of benzene rings is 1. The van der Waals surface area contributed by atoms with E-state index in [0.29, 0.717) is 25.3 Å². The summed E-state index contributed by atoms with van der Waals surface area (Å²) in [5.41, 5.74) is 1.36. The number of nitrogens with zero attached hydrogens (tertiary/aromatic N) is 2. The highest BCUT2D eigenvalue weighted by Crippen LogP contribution is 2.20. The molecule has 2 heterocycles. The number of carbonyl (C=O) groups excluding carboxylic acids is 1. The van der Waals surface area contributed by atoms with E-state index in [1.165, 1.54) is 0 Å². The number of piperazine rings is 1. The standard InChI is InChI=1S/C19H25N3O3/c1-4-21-8-9-22(13(3)19(21)24)12-15-10-14-11-16(25-5-2)6-7-17(14)20-18(15)23/h6-7,10-11,13H,4-5,8-9,12H2,1-3H3,(H,20,23). The topological polar surface area (TPSA) is 65.6 Å². The van der Waals surface area contributed by atoms with Gasteiger partial charge in [0.15, 0.2) is 0 Å². The van der Waals surface area contributed by atoms with E-state index in [9.17, 15) is 9.59 Å². The van der Waals surface area contributed by atoms with Gasteiger partial charge >= 0.3 is 0 Å². The van der Waals surface area contributed by atoms with Crippen molar-refractivity contribution in [3.63, 3.8) is 0 Å². The van der Waals surface area contributed by atoms with Crippen LogP contribution in [-0.2, 0) is 11.3 Å². The summed E-state index contributed by atoms with van der Waals surface area (Å²) in [6, 6.07) is 7.34. The number of likely N-dealkylation sites (N-methyl/N-ethyl adjacent to an activating group) is 1. The number of pyridine rings is 1. The molecule has 25 heavy (non-hydrogen) atoms. The number of rotatable bonds is 5. The first-order valence-electron chi connectivity index (χ1n) is 8.85. The van der Waals surface area contributed by atoms with E-state index >= 15 is 0 Å². The highest BCUT2D eigenvalue weighted by Gasteiger charge is 2.30. The highest BCUT2D eigenvalue weighted by molar-refractivity contribution is 5.82. The number of hydrogen-bond acceptors (Lipinski definition) is 4. The largest absolute Gasteiger partial charge is 0.494 e. The Morgan fingerprint density at radius 1 is 1.20 bits per heavy atom. The third-order valence-electron chi connectivity index (χ3n) is 4.83. The van der Waals surface area contributed by atoms with Gasteiger partial charge in [-0.3, -0.25) is 14.5 Å². The molecule has 0 saturated carbocycles. The molecule has 0 aliphatic carbocycles. The molecule has 1 aliphatic heterocycles. The van der Waals surface area contributed by atoms with Crippen LogP contribution in [0, 0.1) is 0 Å². The molecule has 1 aliphatic rings. The predicted octanol–water partition coefficient (Wildman–Crippen LogP) is 1.98. The highest BCUT2D eigenvalue weighted by atomic mass is 16.5. The second-order valence-corrected chi connectivity index (χ2v) is 6.37. The number of aromatic amines is 1. The van der Waals surface area contributed by atoms with Crippen LogP contribution in [0.5, 0.6) is 5.75 Å². The van der Waals surface area contributed by atoms with Crippen molar-refractivity contribution < 1.29 is 9.53 Å². The van der Waals surface area contributed by atoms with Gasteiger partial charge in [0, 0.05) is 42.6 Å². The SMILES string of the molecule is CCOc1ccc2[nH]c(=O)c(CN3CCN(CC)C(=O)C3C)cc2c1. The lowest BCUT2D eigenvalue weighted by Gasteiger charge is -2.38. The van der Waals surface area contributed by atoms with Crippen molar-refractivity contribution in [2.24, 2.45) is 0 Å². The average Bonchev–Trinajstić information content (AvgIpc) is 2.60. The molecule has 1 aromatic heterocycles. The van der Waals surface area contributed by atoms with Crippen LogP contribution >= 0.6 is 0 Å². The monoisotopic (exact) mass is 343 g/mol. The number of aromatic nitrogens is 1. The van der Waals surface area contributed by atoms with Gasteiger partial charge in [0.2, 0.25) is 5.91 Å². The molecule has 1 fully saturated rings. The van der Waals surface area contributed by atoms with Crippen molar-refractivity contribution in [3.05, 3.63) is 40.2 Å². The normalized spacial score (nSPS) is 18.8. The molecular formula is C19H25N3O3. The molecule has 6 heteroatoms. The molecule has 1 amide bonds. The minimum atomic E-state index is -0.210. The molecule has 1 unspecified atom stereocenters. The Kier molecular flexibility index (Phi) is 5.08. The zero-order chi connectivity index (χ0) is 18.0. The summed E-state index contributed by atoms with van der Waals surface area (Å²) in [6.07, 6.45) is 0. The van der Waals surface area contributed by atoms with Crippen molar-refractivity contribution in [1.82, 2.24) is 14.8 Å². The van der Waals surface area contributed by atoms with Crippen LogP contribution in [0.3, 0.4) is 0 Å². The van der Waals surface area contributed by atoms with Crippen LogP contribution in [-0.4, -0.2) is 53.0 Å². The summed E-state index contributed by atoms with van der Waals surface area (Å²) in [4.78, 5) is 31.6. The minimum Gasteiger partial charge on any atom is -0.494 e. The third-order valence-corrected chi connectivity index (χ3v) is 4.83. The van der Waals surface area contributed by atoms with Gasteiger partial charge in [0.05, 0.1) is 12.6 Å². The molecule has 0 radical (unpaired) electrons. The molecule has 134 valence electrons. The zero-order valence-electron chi connectivity index (χ0n) is 15.0. The van der Waals surface area contributed by atoms with Crippen LogP contribution < -0.4 is 10.3 Å². The van der Waals surface area contributed by atoms with Gasteiger partial charge in [-0.1, -0.05) is 0 Å². The average molecular weight is 343 g/mol. The van der Waals surface area contributed by atoms with E-state index in [2.05, 4.69) is 9.88 Å². The lowest BCUT2D eigenvalue weighted by molar-refractivity contribution is -0.141. The van der Waals surface area contributed by atoms with E-state index in [0.717, 1.165) is 29.7 Å².